The zero-order valence-corrected chi connectivity index (χ0v) is 15.5. The first-order valence-corrected chi connectivity index (χ1v) is 9.14. The van der Waals surface area contributed by atoms with Crippen LogP contribution in [0.2, 0.25) is 0 Å². The number of carboxylic acid groups (broad SMARTS) is 1. The van der Waals surface area contributed by atoms with Crippen molar-refractivity contribution in [2.75, 3.05) is 0 Å². The Kier molecular flexibility index (Phi) is 4.88. The first-order valence-electron chi connectivity index (χ1n) is 8.33. The van der Waals surface area contributed by atoms with Gasteiger partial charge >= 0.3 is 5.97 Å². The van der Waals surface area contributed by atoms with E-state index in [9.17, 15) is 20.0 Å². The molecule has 0 atom stereocenters. The van der Waals surface area contributed by atoms with E-state index >= 15 is 0 Å². The van der Waals surface area contributed by atoms with E-state index in [1.165, 1.54) is 18.2 Å². The summed E-state index contributed by atoms with van der Waals surface area (Å²) in [6.07, 6.45) is 1.37. The molecule has 0 amide bonds. The number of nitro groups is 1. The number of aromatic nitrogens is 1. The lowest BCUT2D eigenvalue weighted by Crippen LogP contribution is -1.96. The highest BCUT2D eigenvalue weighted by Crippen LogP contribution is 2.32. The predicted octanol–water partition coefficient (Wildman–Crippen LogP) is 5.21. The molecular formula is C20H12N2O6S. The fourth-order valence-electron chi connectivity index (χ4n) is 2.59. The fraction of sp³-hybridized carbons (Fsp3) is 0. The largest absolute Gasteiger partial charge is 0.477 e. The van der Waals surface area contributed by atoms with Crippen molar-refractivity contribution in [2.24, 2.45) is 0 Å². The first-order chi connectivity index (χ1) is 14.0. The van der Waals surface area contributed by atoms with Gasteiger partial charge in [-0.1, -0.05) is 12.1 Å². The van der Waals surface area contributed by atoms with E-state index in [0.717, 1.165) is 11.8 Å². The van der Waals surface area contributed by atoms with E-state index < -0.39 is 10.9 Å². The van der Waals surface area contributed by atoms with Crippen LogP contribution in [0.15, 0.2) is 79.6 Å². The Hall–Kier alpha value is -3.85. The van der Waals surface area contributed by atoms with Gasteiger partial charge in [-0.25, -0.2) is 9.78 Å². The Morgan fingerprint density at radius 3 is 2.52 bits per heavy atom. The molecule has 1 N–H and O–H groups in total. The molecule has 0 fully saturated rings. The molecule has 29 heavy (non-hydrogen) atoms. The number of nitro benzene ring substituents is 1. The fourth-order valence-corrected chi connectivity index (χ4v) is 3.31. The smallest absolute Gasteiger partial charge is 0.342 e. The van der Waals surface area contributed by atoms with Gasteiger partial charge in [-0.05, 0) is 48.2 Å². The van der Waals surface area contributed by atoms with Gasteiger partial charge in [0.15, 0.2) is 5.58 Å². The lowest BCUT2D eigenvalue weighted by Gasteiger charge is -1.98. The van der Waals surface area contributed by atoms with Gasteiger partial charge in [-0.3, -0.25) is 10.1 Å². The van der Waals surface area contributed by atoms with E-state index in [-0.39, 0.29) is 15.8 Å². The third-order valence-electron chi connectivity index (χ3n) is 3.95. The van der Waals surface area contributed by atoms with Gasteiger partial charge in [0, 0.05) is 23.8 Å². The molecule has 8 nitrogen and oxygen atoms in total. The summed E-state index contributed by atoms with van der Waals surface area (Å²) in [6, 6.07) is 16.3. The second-order valence-corrected chi connectivity index (χ2v) is 6.86. The van der Waals surface area contributed by atoms with Crippen LogP contribution in [0.3, 0.4) is 0 Å². The third kappa shape index (κ3) is 4.04. The second kappa shape index (κ2) is 7.64. The highest BCUT2D eigenvalue weighted by molar-refractivity contribution is 8.03. The van der Waals surface area contributed by atoms with Crippen molar-refractivity contribution in [1.82, 2.24) is 4.98 Å². The molecule has 0 bridgehead atoms. The van der Waals surface area contributed by atoms with Crippen LogP contribution in [0.25, 0.3) is 28.5 Å². The van der Waals surface area contributed by atoms with Crippen molar-refractivity contribution in [2.45, 2.75) is 5.22 Å². The zero-order chi connectivity index (χ0) is 20.4. The molecule has 0 aliphatic rings. The SMILES string of the molecule is O=C(O)/C(=C/c1ccc(-c2ccc([N+](=O)[O-])cc2)o1)Sc1nc2ccccc2o1. The van der Waals surface area contributed by atoms with Crippen LogP contribution >= 0.6 is 11.8 Å². The maximum atomic E-state index is 11.6. The van der Waals surface area contributed by atoms with Crippen LogP contribution in [-0.4, -0.2) is 21.0 Å². The van der Waals surface area contributed by atoms with Crippen LogP contribution in [-0.2, 0) is 4.79 Å². The van der Waals surface area contributed by atoms with Crippen LogP contribution in [0.4, 0.5) is 5.69 Å². The van der Waals surface area contributed by atoms with Gasteiger partial charge in [-0.2, -0.15) is 0 Å². The number of para-hydroxylation sites is 2. The number of rotatable bonds is 6. The Balaban J connectivity index is 1.59. The number of carboxylic acids is 1. The average Bonchev–Trinajstić information content (AvgIpc) is 3.34. The highest BCUT2D eigenvalue weighted by atomic mass is 32.2. The molecule has 0 spiro atoms. The standard InChI is InChI=1S/C20H12N2O6S/c23-19(24)18(29-20-21-15-3-1-2-4-17(15)28-20)11-14-9-10-16(27-14)12-5-7-13(8-6-12)22(25)26/h1-11H,(H,23,24)/b18-11-. The lowest BCUT2D eigenvalue weighted by atomic mass is 10.1. The third-order valence-corrected chi connectivity index (χ3v) is 4.81. The quantitative estimate of drug-likeness (QED) is 0.200. The number of carbonyl (C=O) groups is 1. The molecular weight excluding hydrogens is 396 g/mol. The normalized spacial score (nSPS) is 11.7. The number of aliphatic carboxylic acids is 1. The van der Waals surface area contributed by atoms with Crippen LogP contribution in [0, 0.1) is 10.1 Å². The second-order valence-electron chi connectivity index (χ2n) is 5.87. The summed E-state index contributed by atoms with van der Waals surface area (Å²) in [5, 5.41) is 20.5. The van der Waals surface area contributed by atoms with Crippen molar-refractivity contribution in [3.05, 3.63) is 81.4 Å². The summed E-state index contributed by atoms with van der Waals surface area (Å²) in [6.45, 7) is 0. The van der Waals surface area contributed by atoms with E-state index in [2.05, 4.69) is 4.98 Å². The number of hydrogen-bond acceptors (Lipinski definition) is 7. The Morgan fingerprint density at radius 1 is 1.07 bits per heavy atom. The molecule has 2 aromatic carbocycles. The van der Waals surface area contributed by atoms with E-state index in [0.29, 0.717) is 28.2 Å². The van der Waals surface area contributed by atoms with Gasteiger partial charge in [-0.15, -0.1) is 0 Å². The minimum atomic E-state index is -1.15. The number of fused-ring (bicyclic) bond motifs is 1. The van der Waals surface area contributed by atoms with E-state index in [4.69, 9.17) is 8.83 Å². The molecule has 4 aromatic rings. The van der Waals surface area contributed by atoms with Crippen LogP contribution in [0.5, 0.6) is 0 Å². The van der Waals surface area contributed by atoms with E-state index in [1.54, 1.807) is 42.5 Å². The minimum Gasteiger partial charge on any atom is -0.477 e. The maximum absolute atomic E-state index is 11.6. The van der Waals surface area contributed by atoms with Gasteiger partial charge in [0.2, 0.25) is 0 Å². The lowest BCUT2D eigenvalue weighted by molar-refractivity contribution is -0.384. The predicted molar refractivity (Wildman–Crippen MR) is 106 cm³/mol. The topological polar surface area (TPSA) is 120 Å². The Morgan fingerprint density at radius 2 is 1.83 bits per heavy atom. The summed E-state index contributed by atoms with van der Waals surface area (Å²) in [4.78, 5) is 26.1. The summed E-state index contributed by atoms with van der Waals surface area (Å²) < 4.78 is 11.2. The summed E-state index contributed by atoms with van der Waals surface area (Å²) >= 11 is 0.876. The Labute approximate surface area is 167 Å². The van der Waals surface area contributed by atoms with E-state index in [1.807, 2.05) is 6.07 Å². The molecule has 0 saturated carbocycles. The molecule has 0 saturated heterocycles. The zero-order valence-electron chi connectivity index (χ0n) is 14.6. The van der Waals surface area contributed by atoms with Gasteiger partial charge in [0.05, 0.1) is 4.92 Å². The van der Waals surface area contributed by atoms with Gasteiger partial charge in [0.25, 0.3) is 10.9 Å². The summed E-state index contributed by atoms with van der Waals surface area (Å²) in [5.74, 6) is -0.368. The highest BCUT2D eigenvalue weighted by Gasteiger charge is 2.16. The molecule has 0 unspecified atom stereocenters. The Bertz CT molecular complexity index is 1210. The first kappa shape index (κ1) is 18.5. The van der Waals surface area contributed by atoms with Gasteiger partial charge < -0.3 is 13.9 Å². The maximum Gasteiger partial charge on any atom is 0.342 e. The number of hydrogen-bond donors (Lipinski definition) is 1. The average molecular weight is 408 g/mol. The summed E-state index contributed by atoms with van der Waals surface area (Å²) in [7, 11) is 0. The van der Waals surface area contributed by atoms with Crippen LogP contribution in [0.1, 0.15) is 5.76 Å². The van der Waals surface area contributed by atoms with Crippen molar-refractivity contribution in [3.63, 3.8) is 0 Å². The molecule has 4 rings (SSSR count). The monoisotopic (exact) mass is 408 g/mol. The molecule has 9 heteroatoms. The molecule has 0 aliphatic heterocycles. The van der Waals surface area contributed by atoms with Crippen molar-refractivity contribution >= 4 is 40.6 Å². The molecule has 0 radical (unpaired) electrons. The molecule has 2 heterocycles. The van der Waals surface area contributed by atoms with Crippen molar-refractivity contribution in [3.8, 4) is 11.3 Å². The van der Waals surface area contributed by atoms with Crippen LogP contribution < -0.4 is 0 Å². The molecule has 144 valence electrons. The number of oxazole rings is 1. The minimum absolute atomic E-state index is 0.0247. The molecule has 0 aliphatic carbocycles. The summed E-state index contributed by atoms with van der Waals surface area (Å²) in [5.41, 5.74) is 1.82. The van der Waals surface area contributed by atoms with Crippen molar-refractivity contribution < 1.29 is 23.7 Å². The van der Waals surface area contributed by atoms with Gasteiger partial charge in [0.1, 0.15) is 21.9 Å². The number of thioether (sulfide) groups is 1. The molecule has 2 aromatic heterocycles. The number of nitrogens with zero attached hydrogens (tertiary/aromatic N) is 2. The number of non-ortho nitro benzene ring substituents is 1. The number of furan rings is 1. The number of benzene rings is 2. The van der Waals surface area contributed by atoms with Crippen molar-refractivity contribution in [1.29, 1.82) is 0 Å².